The van der Waals surface area contributed by atoms with Gasteiger partial charge in [-0.05, 0) is 38.2 Å². The third-order valence-electron chi connectivity index (χ3n) is 4.22. The van der Waals surface area contributed by atoms with Gasteiger partial charge in [-0.25, -0.2) is 0 Å². The number of ether oxygens (including phenoxy) is 1. The van der Waals surface area contributed by atoms with Crippen molar-refractivity contribution in [3.8, 4) is 0 Å². The van der Waals surface area contributed by atoms with Crippen LogP contribution in [-0.2, 0) is 26.3 Å². The van der Waals surface area contributed by atoms with Gasteiger partial charge in [0.1, 0.15) is 6.61 Å². The smallest absolute Gasteiger partial charge is 0.309 e. The highest BCUT2D eigenvalue weighted by Crippen LogP contribution is 2.37. The minimum absolute atomic E-state index is 0.228. The molecule has 6 heteroatoms. The lowest BCUT2D eigenvalue weighted by Crippen LogP contribution is -2.40. The first-order valence-electron chi connectivity index (χ1n) is 6.99. The summed E-state index contributed by atoms with van der Waals surface area (Å²) in [6.07, 6.45) is 1.39. The molecule has 116 valence electrons. The molecule has 0 spiro atoms. The maximum absolute atomic E-state index is 12.0. The van der Waals surface area contributed by atoms with Crippen molar-refractivity contribution in [3.63, 3.8) is 0 Å². The van der Waals surface area contributed by atoms with Crippen LogP contribution in [0.2, 0.25) is 0 Å². The van der Waals surface area contributed by atoms with Gasteiger partial charge in [-0.3, -0.25) is 9.35 Å². The van der Waals surface area contributed by atoms with E-state index in [0.717, 1.165) is 5.56 Å². The molecule has 1 aliphatic carbocycles. The Kier molecular flexibility index (Phi) is 4.68. The minimum Gasteiger partial charge on any atom is -0.461 e. The highest BCUT2D eigenvalue weighted by molar-refractivity contribution is 7.87. The molecule has 1 saturated carbocycles. The van der Waals surface area contributed by atoms with Crippen LogP contribution in [0.15, 0.2) is 30.3 Å². The molecule has 1 aromatic rings. The summed E-state index contributed by atoms with van der Waals surface area (Å²) in [7, 11) is -4.08. The van der Waals surface area contributed by atoms with Crippen molar-refractivity contribution in [2.75, 3.05) is 0 Å². The minimum atomic E-state index is -4.08. The van der Waals surface area contributed by atoms with Gasteiger partial charge in [0.2, 0.25) is 0 Å². The Bertz CT molecular complexity index is 586. The monoisotopic (exact) mass is 312 g/mol. The Labute approximate surface area is 125 Å². The Morgan fingerprint density at radius 1 is 1.29 bits per heavy atom. The van der Waals surface area contributed by atoms with E-state index in [1.165, 1.54) is 6.92 Å². The predicted molar refractivity (Wildman–Crippen MR) is 78.1 cm³/mol. The molecular weight excluding hydrogens is 292 g/mol. The fraction of sp³-hybridized carbons (Fsp3) is 0.533. The van der Waals surface area contributed by atoms with Gasteiger partial charge in [0.25, 0.3) is 10.1 Å². The highest BCUT2D eigenvalue weighted by Gasteiger charge is 2.43. The van der Waals surface area contributed by atoms with Crippen molar-refractivity contribution in [1.29, 1.82) is 0 Å². The van der Waals surface area contributed by atoms with Gasteiger partial charge in [0.05, 0.1) is 10.7 Å². The van der Waals surface area contributed by atoms with E-state index in [2.05, 4.69) is 0 Å². The van der Waals surface area contributed by atoms with Gasteiger partial charge in [0.15, 0.2) is 0 Å². The van der Waals surface area contributed by atoms with Gasteiger partial charge in [-0.2, -0.15) is 8.42 Å². The molecule has 5 nitrogen and oxygen atoms in total. The first-order chi connectivity index (χ1) is 9.82. The molecule has 1 fully saturated rings. The van der Waals surface area contributed by atoms with Crippen molar-refractivity contribution in [3.05, 3.63) is 35.9 Å². The summed E-state index contributed by atoms with van der Waals surface area (Å²) in [5, 5.41) is 0. The van der Waals surface area contributed by atoms with Crippen molar-refractivity contribution in [2.45, 2.75) is 44.0 Å². The Balaban J connectivity index is 1.86. The molecule has 1 aliphatic rings. The zero-order valence-corrected chi connectivity index (χ0v) is 12.8. The first-order valence-corrected chi connectivity index (χ1v) is 8.43. The molecule has 0 aliphatic heterocycles. The van der Waals surface area contributed by atoms with Crippen LogP contribution in [0.3, 0.4) is 0 Å². The largest absolute Gasteiger partial charge is 0.461 e. The van der Waals surface area contributed by atoms with E-state index < -0.39 is 14.9 Å². The molecule has 0 atom stereocenters. The number of rotatable bonds is 4. The summed E-state index contributed by atoms with van der Waals surface area (Å²) >= 11 is 0. The van der Waals surface area contributed by atoms with E-state index in [0.29, 0.717) is 12.8 Å². The maximum atomic E-state index is 12.0. The van der Waals surface area contributed by atoms with Crippen molar-refractivity contribution >= 4 is 16.1 Å². The maximum Gasteiger partial charge on any atom is 0.309 e. The zero-order chi connectivity index (χ0) is 15.5. The molecule has 0 radical (unpaired) electrons. The molecule has 0 amide bonds. The van der Waals surface area contributed by atoms with Gasteiger partial charge < -0.3 is 4.74 Å². The molecule has 1 aromatic carbocycles. The zero-order valence-electron chi connectivity index (χ0n) is 12.0. The summed E-state index contributed by atoms with van der Waals surface area (Å²) in [6.45, 7) is 1.75. The second-order valence-corrected chi connectivity index (χ2v) is 7.73. The number of hydrogen-bond acceptors (Lipinski definition) is 4. The molecule has 0 saturated heterocycles. The lowest BCUT2D eigenvalue weighted by Gasteiger charge is -2.33. The number of carbonyl (C=O) groups excluding carboxylic acids is 1. The van der Waals surface area contributed by atoms with Crippen LogP contribution in [0, 0.1) is 5.92 Å². The fourth-order valence-corrected chi connectivity index (χ4v) is 3.32. The molecule has 0 unspecified atom stereocenters. The van der Waals surface area contributed by atoms with E-state index >= 15 is 0 Å². The van der Waals surface area contributed by atoms with Crippen LogP contribution < -0.4 is 0 Å². The van der Waals surface area contributed by atoms with Crippen LogP contribution in [0.1, 0.15) is 38.2 Å². The van der Waals surface area contributed by atoms with Crippen LogP contribution in [0.5, 0.6) is 0 Å². The molecule has 0 bridgehead atoms. The summed E-state index contributed by atoms with van der Waals surface area (Å²) in [5.74, 6) is -0.584. The quantitative estimate of drug-likeness (QED) is 0.682. The van der Waals surface area contributed by atoms with Crippen molar-refractivity contribution in [1.82, 2.24) is 0 Å². The summed E-state index contributed by atoms with van der Waals surface area (Å²) in [6, 6.07) is 9.40. The third-order valence-corrected chi connectivity index (χ3v) is 5.88. The Hall–Kier alpha value is -1.40. The molecule has 2 rings (SSSR count). The molecule has 21 heavy (non-hydrogen) atoms. The summed E-state index contributed by atoms with van der Waals surface area (Å²) in [5.41, 5.74) is 0.921. The third kappa shape index (κ3) is 3.83. The first kappa shape index (κ1) is 16.0. The Morgan fingerprint density at radius 3 is 2.38 bits per heavy atom. The van der Waals surface area contributed by atoms with Gasteiger partial charge in [0, 0.05) is 0 Å². The molecule has 1 N–H and O–H groups in total. The Morgan fingerprint density at radius 2 is 1.86 bits per heavy atom. The average molecular weight is 312 g/mol. The van der Waals surface area contributed by atoms with Crippen LogP contribution in [-0.4, -0.2) is 23.7 Å². The summed E-state index contributed by atoms with van der Waals surface area (Å²) < 4.78 is 36.0. The molecule has 0 heterocycles. The normalized spacial score (nSPS) is 26.3. The SMILES string of the molecule is CC1(S(=O)(=O)O)CCC(C(=O)OCc2ccccc2)CC1. The second kappa shape index (κ2) is 6.15. The predicted octanol–water partition coefficient (Wildman–Crippen LogP) is 2.57. The van der Waals surface area contributed by atoms with E-state index in [1.54, 1.807) is 0 Å². The van der Waals surface area contributed by atoms with Crippen LogP contribution in [0.4, 0.5) is 0 Å². The number of benzene rings is 1. The topological polar surface area (TPSA) is 80.7 Å². The van der Waals surface area contributed by atoms with Crippen LogP contribution in [0.25, 0.3) is 0 Å². The fourth-order valence-electron chi connectivity index (χ4n) is 2.57. The molecular formula is C15H20O5S. The van der Waals surface area contributed by atoms with Gasteiger partial charge >= 0.3 is 5.97 Å². The lowest BCUT2D eigenvalue weighted by atomic mass is 9.82. The highest BCUT2D eigenvalue weighted by atomic mass is 32.2. The average Bonchev–Trinajstić information content (AvgIpc) is 2.45. The standard InChI is InChI=1S/C15H20O5S/c1-15(21(17,18)19)9-7-13(8-10-15)14(16)20-11-12-5-3-2-4-6-12/h2-6,13H,7-11H2,1H3,(H,17,18,19). The number of carbonyl (C=O) groups is 1. The van der Waals surface area contributed by atoms with Crippen molar-refractivity contribution in [2.24, 2.45) is 5.92 Å². The second-order valence-electron chi connectivity index (χ2n) is 5.79. The van der Waals surface area contributed by atoms with Gasteiger partial charge in [-0.15, -0.1) is 0 Å². The van der Waals surface area contributed by atoms with E-state index in [9.17, 15) is 17.8 Å². The van der Waals surface area contributed by atoms with E-state index in [-0.39, 0.29) is 31.3 Å². The van der Waals surface area contributed by atoms with Gasteiger partial charge in [-0.1, -0.05) is 30.3 Å². The summed E-state index contributed by atoms with van der Waals surface area (Å²) in [4.78, 5) is 12.0. The van der Waals surface area contributed by atoms with E-state index in [1.807, 2.05) is 30.3 Å². The number of hydrogen-bond donors (Lipinski definition) is 1. The number of esters is 1. The van der Waals surface area contributed by atoms with E-state index in [4.69, 9.17) is 4.74 Å². The van der Waals surface area contributed by atoms with Crippen LogP contribution >= 0.6 is 0 Å². The van der Waals surface area contributed by atoms with Crippen molar-refractivity contribution < 1.29 is 22.5 Å². The molecule has 0 aromatic heterocycles. The lowest BCUT2D eigenvalue weighted by molar-refractivity contribution is -0.151.